The molecule has 23 heavy (non-hydrogen) atoms. The molecule has 1 heterocycles. The molecule has 0 fully saturated rings. The molecular formula is C17H20FN3O2. The lowest BCUT2D eigenvalue weighted by atomic mass is 10.2. The molecule has 2 rings (SSSR count). The van der Waals surface area contributed by atoms with Crippen LogP contribution in [0.5, 0.6) is 0 Å². The number of nitrogens with zero attached hydrogens (tertiary/aromatic N) is 2. The second kappa shape index (κ2) is 7.58. The van der Waals surface area contributed by atoms with Gasteiger partial charge in [0.2, 0.25) is 0 Å². The number of ether oxygens (including phenoxy) is 1. The van der Waals surface area contributed by atoms with Crippen LogP contribution >= 0.6 is 0 Å². The van der Waals surface area contributed by atoms with E-state index in [1.165, 1.54) is 6.07 Å². The predicted octanol–water partition coefficient (Wildman–Crippen LogP) is 3.32. The molecule has 122 valence electrons. The number of esters is 1. The SMILES string of the molecule is C/C=C\c1c(C(=O)OCC)nn(Cc2ccccc2F)c1NC. The first kappa shape index (κ1) is 16.7. The molecule has 0 aliphatic carbocycles. The van der Waals surface area contributed by atoms with E-state index >= 15 is 0 Å². The molecule has 6 heteroatoms. The summed E-state index contributed by atoms with van der Waals surface area (Å²) >= 11 is 0. The number of anilines is 1. The molecule has 0 saturated carbocycles. The highest BCUT2D eigenvalue weighted by atomic mass is 19.1. The lowest BCUT2D eigenvalue weighted by Crippen LogP contribution is -2.09. The smallest absolute Gasteiger partial charge is 0.359 e. The second-order valence-electron chi connectivity index (χ2n) is 4.83. The van der Waals surface area contributed by atoms with Crippen molar-refractivity contribution in [3.05, 3.63) is 53.0 Å². The van der Waals surface area contributed by atoms with E-state index in [9.17, 15) is 9.18 Å². The number of allylic oxidation sites excluding steroid dienone is 1. The number of aromatic nitrogens is 2. The average molecular weight is 317 g/mol. The van der Waals surface area contributed by atoms with E-state index in [1.807, 2.05) is 13.0 Å². The predicted molar refractivity (Wildman–Crippen MR) is 87.9 cm³/mol. The van der Waals surface area contributed by atoms with Gasteiger partial charge in [-0.15, -0.1) is 0 Å². The largest absolute Gasteiger partial charge is 0.461 e. The third kappa shape index (κ3) is 3.59. The van der Waals surface area contributed by atoms with Crippen LogP contribution in [0, 0.1) is 5.82 Å². The summed E-state index contributed by atoms with van der Waals surface area (Å²) in [5.41, 5.74) is 1.34. The molecule has 0 atom stereocenters. The van der Waals surface area contributed by atoms with E-state index in [4.69, 9.17) is 4.74 Å². The Morgan fingerprint density at radius 2 is 2.17 bits per heavy atom. The highest BCUT2D eigenvalue weighted by Crippen LogP contribution is 2.24. The number of rotatable bonds is 6. The monoisotopic (exact) mass is 317 g/mol. The minimum Gasteiger partial charge on any atom is -0.461 e. The number of hydrogen-bond acceptors (Lipinski definition) is 4. The Morgan fingerprint density at radius 3 is 2.78 bits per heavy atom. The van der Waals surface area contributed by atoms with Gasteiger partial charge in [0.15, 0.2) is 5.69 Å². The highest BCUT2D eigenvalue weighted by molar-refractivity contribution is 5.94. The normalized spacial score (nSPS) is 11.0. The van der Waals surface area contributed by atoms with Gasteiger partial charge in [0, 0.05) is 12.6 Å². The molecule has 0 saturated heterocycles. The van der Waals surface area contributed by atoms with Crippen molar-refractivity contribution in [2.75, 3.05) is 19.0 Å². The summed E-state index contributed by atoms with van der Waals surface area (Å²) in [6.45, 7) is 4.07. The van der Waals surface area contributed by atoms with Gasteiger partial charge in [-0.25, -0.2) is 13.9 Å². The quantitative estimate of drug-likeness (QED) is 0.830. The van der Waals surface area contributed by atoms with Crippen molar-refractivity contribution in [3.8, 4) is 0 Å². The van der Waals surface area contributed by atoms with Crippen LogP contribution in [-0.4, -0.2) is 29.4 Å². The van der Waals surface area contributed by atoms with Crippen LogP contribution in [0.15, 0.2) is 30.3 Å². The van der Waals surface area contributed by atoms with Crippen LogP contribution in [0.25, 0.3) is 6.08 Å². The van der Waals surface area contributed by atoms with E-state index in [-0.39, 0.29) is 24.7 Å². The number of carbonyl (C=O) groups excluding carboxylic acids is 1. The Labute approximate surface area is 134 Å². The van der Waals surface area contributed by atoms with Crippen molar-refractivity contribution < 1.29 is 13.9 Å². The van der Waals surface area contributed by atoms with Crippen LogP contribution in [0.4, 0.5) is 10.2 Å². The third-order valence-corrected chi connectivity index (χ3v) is 3.31. The van der Waals surface area contributed by atoms with Gasteiger partial charge in [0.05, 0.1) is 18.7 Å². The van der Waals surface area contributed by atoms with E-state index in [1.54, 1.807) is 42.9 Å². The molecule has 0 bridgehead atoms. The summed E-state index contributed by atoms with van der Waals surface area (Å²) in [7, 11) is 1.73. The zero-order valence-corrected chi connectivity index (χ0v) is 13.5. The van der Waals surface area contributed by atoms with Crippen LogP contribution in [0.2, 0.25) is 0 Å². The van der Waals surface area contributed by atoms with E-state index in [2.05, 4.69) is 10.4 Å². The standard InChI is InChI=1S/C17H20FN3O2/c1-4-8-13-15(17(22)23-5-2)20-21(16(13)19-3)11-12-9-6-7-10-14(12)18/h4,6-10,19H,5,11H2,1-3H3/b8-4-. The van der Waals surface area contributed by atoms with Gasteiger partial charge in [-0.2, -0.15) is 5.10 Å². The first-order valence-electron chi connectivity index (χ1n) is 7.44. The molecule has 0 amide bonds. The lowest BCUT2D eigenvalue weighted by molar-refractivity contribution is 0.0518. The summed E-state index contributed by atoms with van der Waals surface area (Å²) in [6, 6.07) is 6.49. The van der Waals surface area contributed by atoms with Crippen LogP contribution in [0.1, 0.15) is 35.5 Å². The fourth-order valence-corrected chi connectivity index (χ4v) is 2.32. The topological polar surface area (TPSA) is 56.1 Å². The van der Waals surface area contributed by atoms with Gasteiger partial charge in [-0.1, -0.05) is 30.4 Å². The van der Waals surface area contributed by atoms with Gasteiger partial charge in [-0.3, -0.25) is 0 Å². The van der Waals surface area contributed by atoms with Crippen LogP contribution in [0.3, 0.4) is 0 Å². The maximum absolute atomic E-state index is 13.9. The Bertz CT molecular complexity index is 723. The first-order valence-corrected chi connectivity index (χ1v) is 7.44. The van der Waals surface area contributed by atoms with E-state index in [0.717, 1.165) is 0 Å². The fraction of sp³-hybridized carbons (Fsp3) is 0.294. The van der Waals surface area contributed by atoms with Gasteiger partial charge in [-0.05, 0) is 19.9 Å². The van der Waals surface area contributed by atoms with E-state index < -0.39 is 5.97 Å². The van der Waals surface area contributed by atoms with E-state index in [0.29, 0.717) is 16.9 Å². The summed E-state index contributed by atoms with van der Waals surface area (Å²) in [5, 5.41) is 7.34. The highest BCUT2D eigenvalue weighted by Gasteiger charge is 2.22. The van der Waals surface area contributed by atoms with Crippen molar-refractivity contribution in [2.24, 2.45) is 0 Å². The second-order valence-corrected chi connectivity index (χ2v) is 4.83. The van der Waals surface area contributed by atoms with Crippen molar-refractivity contribution in [3.63, 3.8) is 0 Å². The van der Waals surface area contributed by atoms with Gasteiger partial charge in [0.1, 0.15) is 11.6 Å². The molecule has 0 radical (unpaired) electrons. The summed E-state index contributed by atoms with van der Waals surface area (Å²) in [4.78, 5) is 12.1. The Hall–Kier alpha value is -2.63. The van der Waals surface area contributed by atoms with Crippen molar-refractivity contribution in [1.29, 1.82) is 0 Å². The number of hydrogen-bond donors (Lipinski definition) is 1. The van der Waals surface area contributed by atoms with Gasteiger partial charge in [0.25, 0.3) is 0 Å². The lowest BCUT2D eigenvalue weighted by Gasteiger charge is -2.08. The maximum Gasteiger partial charge on any atom is 0.359 e. The van der Waals surface area contributed by atoms with Crippen LogP contribution in [-0.2, 0) is 11.3 Å². The van der Waals surface area contributed by atoms with Gasteiger partial charge >= 0.3 is 5.97 Å². The Balaban J connectivity index is 2.49. The first-order chi connectivity index (χ1) is 11.1. The Morgan fingerprint density at radius 1 is 1.43 bits per heavy atom. The number of carbonyl (C=O) groups is 1. The zero-order valence-electron chi connectivity index (χ0n) is 13.5. The molecule has 0 aliphatic heterocycles. The van der Waals surface area contributed by atoms with Crippen molar-refractivity contribution in [2.45, 2.75) is 20.4 Å². The Kier molecular flexibility index (Phi) is 5.51. The summed E-state index contributed by atoms with van der Waals surface area (Å²) in [5.74, 6) is -0.172. The molecule has 1 N–H and O–H groups in total. The van der Waals surface area contributed by atoms with Crippen molar-refractivity contribution >= 4 is 17.9 Å². The molecule has 0 aliphatic rings. The van der Waals surface area contributed by atoms with Gasteiger partial charge < -0.3 is 10.1 Å². The molecule has 1 aromatic carbocycles. The molecule has 5 nitrogen and oxygen atoms in total. The van der Waals surface area contributed by atoms with Crippen LogP contribution < -0.4 is 5.32 Å². The molecule has 0 unspecified atom stereocenters. The number of nitrogens with one attached hydrogen (secondary N) is 1. The third-order valence-electron chi connectivity index (χ3n) is 3.31. The van der Waals surface area contributed by atoms with Crippen molar-refractivity contribution in [1.82, 2.24) is 9.78 Å². The zero-order chi connectivity index (χ0) is 16.8. The molecular weight excluding hydrogens is 297 g/mol. The molecule has 2 aromatic rings. The summed E-state index contributed by atoms with van der Waals surface area (Å²) < 4.78 is 20.5. The summed E-state index contributed by atoms with van der Waals surface area (Å²) in [6.07, 6.45) is 3.59. The fourth-order valence-electron chi connectivity index (χ4n) is 2.32. The average Bonchev–Trinajstić information content (AvgIpc) is 2.88. The maximum atomic E-state index is 13.9. The number of halogens is 1. The minimum absolute atomic E-state index is 0.214. The molecule has 0 spiro atoms. The molecule has 1 aromatic heterocycles. The number of benzene rings is 1. The minimum atomic E-state index is -0.496.